The Balaban J connectivity index is 1.56. The number of benzene rings is 3. The molecule has 0 heterocycles. The lowest BCUT2D eigenvalue weighted by Gasteiger charge is -2.12. The molecule has 3 aromatic rings. The lowest BCUT2D eigenvalue weighted by Crippen LogP contribution is -2.24. The highest BCUT2D eigenvalue weighted by molar-refractivity contribution is 5.92. The van der Waals surface area contributed by atoms with E-state index < -0.39 is 11.9 Å². The predicted molar refractivity (Wildman–Crippen MR) is 142 cm³/mol. The molecule has 1 N–H and O–H groups in total. The van der Waals surface area contributed by atoms with Gasteiger partial charge in [-0.15, -0.1) is 0 Å². The van der Waals surface area contributed by atoms with Crippen LogP contribution >= 0.6 is 0 Å². The number of carbonyl (C=O) groups excluding carboxylic acids is 2. The minimum absolute atomic E-state index is 0.159. The molecule has 8 heteroatoms. The third-order valence-corrected chi connectivity index (χ3v) is 5.14. The quantitative estimate of drug-likeness (QED) is 0.149. The van der Waals surface area contributed by atoms with Crippen molar-refractivity contribution >= 4 is 18.1 Å². The number of nitrogens with one attached hydrogen (secondary N) is 1. The van der Waals surface area contributed by atoms with Crippen molar-refractivity contribution in [1.29, 1.82) is 0 Å². The van der Waals surface area contributed by atoms with E-state index in [0.29, 0.717) is 41.6 Å². The van der Waals surface area contributed by atoms with Crippen molar-refractivity contribution in [3.63, 3.8) is 0 Å². The summed E-state index contributed by atoms with van der Waals surface area (Å²) in [7, 11) is 0. The third-order valence-electron chi connectivity index (χ3n) is 5.14. The van der Waals surface area contributed by atoms with Crippen LogP contribution in [0.5, 0.6) is 23.0 Å². The Bertz CT molecular complexity index is 1190. The maximum absolute atomic E-state index is 12.6. The maximum Gasteiger partial charge on any atom is 0.343 e. The van der Waals surface area contributed by atoms with Crippen LogP contribution < -0.4 is 24.4 Å². The van der Waals surface area contributed by atoms with E-state index in [1.54, 1.807) is 42.5 Å². The number of ether oxygens (including phenoxy) is 4. The molecule has 0 unspecified atom stereocenters. The Morgan fingerprint density at radius 2 is 1.54 bits per heavy atom. The summed E-state index contributed by atoms with van der Waals surface area (Å²) >= 11 is 0. The van der Waals surface area contributed by atoms with Crippen LogP contribution in [0, 0.1) is 0 Å². The smallest absolute Gasteiger partial charge is 0.343 e. The molecule has 0 spiro atoms. The molecule has 37 heavy (non-hydrogen) atoms. The minimum Gasteiger partial charge on any atom is -0.494 e. The van der Waals surface area contributed by atoms with Crippen molar-refractivity contribution in [2.45, 2.75) is 33.6 Å². The van der Waals surface area contributed by atoms with Crippen molar-refractivity contribution < 1.29 is 28.5 Å². The third kappa shape index (κ3) is 8.68. The fourth-order valence-corrected chi connectivity index (χ4v) is 3.20. The topological polar surface area (TPSA) is 95.5 Å². The molecule has 0 aromatic heterocycles. The van der Waals surface area contributed by atoms with Crippen LogP contribution in [0.1, 0.15) is 48.7 Å². The lowest BCUT2D eigenvalue weighted by atomic mass is 10.2. The summed E-state index contributed by atoms with van der Waals surface area (Å²) < 4.78 is 22.2. The zero-order chi connectivity index (χ0) is 26.5. The molecular weight excluding hydrogens is 472 g/mol. The molecule has 0 aliphatic carbocycles. The zero-order valence-corrected chi connectivity index (χ0v) is 21.4. The summed E-state index contributed by atoms with van der Waals surface area (Å²) in [5.41, 5.74) is 4.67. The Hall–Kier alpha value is -4.33. The van der Waals surface area contributed by atoms with E-state index in [9.17, 15) is 9.59 Å². The number of amides is 1. The van der Waals surface area contributed by atoms with Gasteiger partial charge in [0.05, 0.1) is 25.0 Å². The van der Waals surface area contributed by atoms with E-state index in [1.165, 1.54) is 11.8 Å². The second-order valence-electron chi connectivity index (χ2n) is 7.98. The van der Waals surface area contributed by atoms with Crippen molar-refractivity contribution in [1.82, 2.24) is 5.43 Å². The molecule has 0 aliphatic rings. The van der Waals surface area contributed by atoms with Gasteiger partial charge in [-0.1, -0.05) is 26.0 Å². The fourth-order valence-electron chi connectivity index (χ4n) is 3.20. The van der Waals surface area contributed by atoms with Crippen molar-refractivity contribution in [2.24, 2.45) is 5.10 Å². The predicted octanol–water partition coefficient (Wildman–Crippen LogP) is 5.18. The van der Waals surface area contributed by atoms with Gasteiger partial charge in [-0.05, 0) is 85.5 Å². The van der Waals surface area contributed by atoms with Gasteiger partial charge in [0.1, 0.15) is 11.5 Å². The molecule has 0 saturated carbocycles. The number of carbonyl (C=O) groups is 2. The first-order valence-electron chi connectivity index (χ1n) is 12.3. The second kappa shape index (κ2) is 14.3. The summed E-state index contributed by atoms with van der Waals surface area (Å²) in [6, 6.07) is 19.3. The van der Waals surface area contributed by atoms with Crippen LogP contribution in [0.15, 0.2) is 71.8 Å². The van der Waals surface area contributed by atoms with E-state index in [4.69, 9.17) is 18.9 Å². The van der Waals surface area contributed by atoms with Gasteiger partial charge < -0.3 is 18.9 Å². The van der Waals surface area contributed by atoms with Crippen LogP contribution in [0.2, 0.25) is 0 Å². The van der Waals surface area contributed by atoms with E-state index in [1.807, 2.05) is 38.1 Å². The lowest BCUT2D eigenvalue weighted by molar-refractivity contribution is -0.123. The first-order valence-corrected chi connectivity index (χ1v) is 12.3. The Morgan fingerprint density at radius 3 is 2.22 bits per heavy atom. The Morgan fingerprint density at radius 1 is 0.838 bits per heavy atom. The van der Waals surface area contributed by atoms with Crippen LogP contribution in [-0.2, 0) is 11.2 Å². The fraction of sp³-hybridized carbons (Fsp3) is 0.276. The Labute approximate surface area is 217 Å². The molecule has 0 atom stereocenters. The summed E-state index contributed by atoms with van der Waals surface area (Å²) in [5.74, 6) is 1.07. The highest BCUT2D eigenvalue weighted by Gasteiger charge is 2.13. The van der Waals surface area contributed by atoms with E-state index >= 15 is 0 Å². The van der Waals surface area contributed by atoms with Gasteiger partial charge in [0.25, 0.3) is 5.91 Å². The average Bonchev–Trinajstić information content (AvgIpc) is 2.92. The van der Waals surface area contributed by atoms with Crippen LogP contribution in [-0.4, -0.2) is 37.9 Å². The van der Waals surface area contributed by atoms with Gasteiger partial charge in [0, 0.05) is 0 Å². The number of rotatable bonds is 13. The molecule has 194 valence electrons. The van der Waals surface area contributed by atoms with Crippen LogP contribution in [0.4, 0.5) is 0 Å². The van der Waals surface area contributed by atoms with E-state index in [-0.39, 0.29) is 12.4 Å². The summed E-state index contributed by atoms with van der Waals surface area (Å²) in [4.78, 5) is 24.7. The molecule has 0 aliphatic heterocycles. The zero-order valence-electron chi connectivity index (χ0n) is 21.4. The molecule has 1 amide bonds. The highest BCUT2D eigenvalue weighted by Crippen LogP contribution is 2.29. The van der Waals surface area contributed by atoms with E-state index in [2.05, 4.69) is 17.5 Å². The van der Waals surface area contributed by atoms with Gasteiger partial charge in [-0.25, -0.2) is 10.2 Å². The first-order chi connectivity index (χ1) is 18.0. The van der Waals surface area contributed by atoms with Gasteiger partial charge in [-0.3, -0.25) is 4.79 Å². The summed E-state index contributed by atoms with van der Waals surface area (Å²) in [6.45, 7) is 6.76. The number of hydrogen-bond acceptors (Lipinski definition) is 7. The molecule has 0 saturated heterocycles. The monoisotopic (exact) mass is 504 g/mol. The second-order valence-corrected chi connectivity index (χ2v) is 7.98. The summed E-state index contributed by atoms with van der Waals surface area (Å²) in [6.07, 6.45) is 3.31. The number of aryl methyl sites for hydroxylation is 1. The van der Waals surface area contributed by atoms with Crippen molar-refractivity contribution in [3.8, 4) is 23.0 Å². The van der Waals surface area contributed by atoms with Crippen molar-refractivity contribution in [3.05, 3.63) is 83.4 Å². The molecule has 0 bridgehead atoms. The molecule has 0 fully saturated rings. The van der Waals surface area contributed by atoms with Gasteiger partial charge >= 0.3 is 5.97 Å². The Kier molecular flexibility index (Phi) is 10.5. The normalized spacial score (nSPS) is 10.7. The largest absolute Gasteiger partial charge is 0.494 e. The molecule has 3 aromatic carbocycles. The van der Waals surface area contributed by atoms with Gasteiger partial charge in [0.2, 0.25) is 0 Å². The van der Waals surface area contributed by atoms with Gasteiger partial charge in [-0.2, -0.15) is 5.10 Å². The maximum atomic E-state index is 12.6. The number of nitrogens with zero attached hydrogens (tertiary/aromatic N) is 1. The summed E-state index contributed by atoms with van der Waals surface area (Å²) in [5, 5.41) is 3.97. The number of hydrazone groups is 1. The SMILES string of the molecule is CCCOc1ccc(C(=O)Oc2ccc(/C=N\NC(=O)COc3ccc(CC)cc3)cc2OCC)cc1. The molecular formula is C29H32N2O6. The highest BCUT2D eigenvalue weighted by atomic mass is 16.6. The van der Waals surface area contributed by atoms with E-state index in [0.717, 1.165) is 12.8 Å². The minimum atomic E-state index is -0.513. The molecule has 3 rings (SSSR count). The number of hydrogen-bond donors (Lipinski definition) is 1. The molecule has 0 radical (unpaired) electrons. The number of esters is 1. The molecule has 8 nitrogen and oxygen atoms in total. The van der Waals surface area contributed by atoms with Crippen LogP contribution in [0.25, 0.3) is 0 Å². The van der Waals surface area contributed by atoms with Crippen LogP contribution in [0.3, 0.4) is 0 Å². The average molecular weight is 505 g/mol. The van der Waals surface area contributed by atoms with Crippen molar-refractivity contribution in [2.75, 3.05) is 19.8 Å². The standard InChI is InChI=1S/C29H32N2O6/c1-4-17-35-24-14-10-23(11-15-24)29(33)37-26-16-9-22(18-27(26)34-6-3)19-30-31-28(32)20-36-25-12-7-21(5-2)8-13-25/h7-16,18-19H,4-6,17,20H2,1-3H3,(H,31,32)/b30-19-. The first kappa shape index (κ1) is 27.3. The van der Waals surface area contributed by atoms with Gasteiger partial charge in [0.15, 0.2) is 18.1 Å².